The van der Waals surface area contributed by atoms with Gasteiger partial charge in [0.1, 0.15) is 0 Å². The predicted molar refractivity (Wildman–Crippen MR) is 67.4 cm³/mol. The van der Waals surface area contributed by atoms with Gasteiger partial charge in [-0.25, -0.2) is 4.79 Å². The maximum absolute atomic E-state index is 10.6. The van der Waals surface area contributed by atoms with Gasteiger partial charge >= 0.3 is 0 Å². The van der Waals surface area contributed by atoms with Crippen LogP contribution < -0.4 is 0 Å². The van der Waals surface area contributed by atoms with E-state index in [1.165, 1.54) is 9.13 Å². The smallest absolute Gasteiger partial charge is 0.211 e. The summed E-state index contributed by atoms with van der Waals surface area (Å²) in [5, 5.41) is 0. The highest BCUT2D eigenvalue weighted by Gasteiger charge is 2.36. The van der Waals surface area contributed by atoms with E-state index in [0.717, 1.165) is 25.7 Å². The van der Waals surface area contributed by atoms with Crippen molar-refractivity contribution in [3.05, 3.63) is 33.4 Å². The number of aliphatic imine (C=N–C) groups is 1. The summed E-state index contributed by atoms with van der Waals surface area (Å²) in [6.45, 7) is 0. The summed E-state index contributed by atoms with van der Waals surface area (Å²) in [5.74, 6) is 0. The molecule has 1 aromatic rings. The Hall–Kier alpha value is -0.670. The highest BCUT2D eigenvalue weighted by Crippen LogP contribution is 2.43. The SMILES string of the molecule is O=C=NC1(c2ccccc2I)CCCC1. The van der Waals surface area contributed by atoms with Crippen LogP contribution in [0.5, 0.6) is 0 Å². The molecule has 1 aromatic carbocycles. The van der Waals surface area contributed by atoms with Crippen molar-refractivity contribution in [2.24, 2.45) is 4.99 Å². The molecule has 1 aliphatic carbocycles. The van der Waals surface area contributed by atoms with Crippen molar-refractivity contribution in [2.45, 2.75) is 31.2 Å². The molecule has 0 N–H and O–H groups in total. The zero-order valence-electron chi connectivity index (χ0n) is 8.37. The Kier molecular flexibility index (Phi) is 3.22. The van der Waals surface area contributed by atoms with Crippen molar-refractivity contribution < 1.29 is 4.79 Å². The van der Waals surface area contributed by atoms with Gasteiger partial charge in [0.15, 0.2) is 0 Å². The third-order valence-corrected chi connectivity index (χ3v) is 4.01. The van der Waals surface area contributed by atoms with Crippen LogP contribution in [-0.4, -0.2) is 6.08 Å². The number of rotatable bonds is 2. The predicted octanol–water partition coefficient (Wildman–Crippen LogP) is 3.40. The lowest BCUT2D eigenvalue weighted by atomic mass is 9.89. The second-order valence-electron chi connectivity index (χ2n) is 3.92. The van der Waals surface area contributed by atoms with E-state index in [2.05, 4.69) is 39.7 Å². The number of halogens is 1. The minimum absolute atomic E-state index is 0.278. The summed E-state index contributed by atoms with van der Waals surface area (Å²) >= 11 is 2.31. The molecule has 0 heterocycles. The Bertz CT molecular complexity index is 404. The molecule has 0 aliphatic heterocycles. The molecule has 0 bridgehead atoms. The first-order chi connectivity index (χ1) is 7.28. The van der Waals surface area contributed by atoms with Crippen molar-refractivity contribution in [1.29, 1.82) is 0 Å². The van der Waals surface area contributed by atoms with Crippen LogP contribution in [0.4, 0.5) is 0 Å². The van der Waals surface area contributed by atoms with Crippen molar-refractivity contribution in [2.75, 3.05) is 0 Å². The van der Waals surface area contributed by atoms with Crippen molar-refractivity contribution in [3.63, 3.8) is 0 Å². The Morgan fingerprint density at radius 1 is 1.27 bits per heavy atom. The van der Waals surface area contributed by atoms with Gasteiger partial charge in [-0.05, 0) is 47.1 Å². The van der Waals surface area contributed by atoms with Crippen LogP contribution in [0.3, 0.4) is 0 Å². The average molecular weight is 313 g/mol. The van der Waals surface area contributed by atoms with Crippen LogP contribution in [0, 0.1) is 3.57 Å². The van der Waals surface area contributed by atoms with Crippen LogP contribution in [-0.2, 0) is 10.3 Å². The summed E-state index contributed by atoms with van der Waals surface area (Å²) in [5.41, 5.74) is 0.908. The quantitative estimate of drug-likeness (QED) is 0.467. The molecule has 15 heavy (non-hydrogen) atoms. The molecule has 1 fully saturated rings. The summed E-state index contributed by atoms with van der Waals surface area (Å²) in [6, 6.07) is 8.17. The maximum atomic E-state index is 10.6. The monoisotopic (exact) mass is 313 g/mol. The largest absolute Gasteiger partial charge is 0.235 e. The number of benzene rings is 1. The molecule has 78 valence electrons. The van der Waals surface area contributed by atoms with Crippen LogP contribution in [0.2, 0.25) is 0 Å². The lowest BCUT2D eigenvalue weighted by Gasteiger charge is -2.23. The van der Waals surface area contributed by atoms with Gasteiger partial charge in [0, 0.05) is 3.57 Å². The fourth-order valence-corrected chi connectivity index (χ4v) is 3.22. The van der Waals surface area contributed by atoms with Gasteiger partial charge < -0.3 is 0 Å². The van der Waals surface area contributed by atoms with E-state index in [1.54, 1.807) is 6.08 Å². The minimum Gasteiger partial charge on any atom is -0.211 e. The highest BCUT2D eigenvalue weighted by molar-refractivity contribution is 14.1. The van der Waals surface area contributed by atoms with Gasteiger partial charge in [0.2, 0.25) is 6.08 Å². The average Bonchev–Trinajstić information content (AvgIpc) is 2.69. The summed E-state index contributed by atoms with van der Waals surface area (Å²) in [7, 11) is 0. The van der Waals surface area contributed by atoms with E-state index < -0.39 is 0 Å². The second-order valence-corrected chi connectivity index (χ2v) is 5.08. The Labute approximate surface area is 103 Å². The third-order valence-electron chi connectivity index (χ3n) is 3.07. The van der Waals surface area contributed by atoms with Gasteiger partial charge in [-0.2, -0.15) is 4.99 Å². The van der Waals surface area contributed by atoms with Crippen LogP contribution >= 0.6 is 22.6 Å². The lowest BCUT2D eigenvalue weighted by molar-refractivity contribution is 0.454. The molecule has 1 saturated carbocycles. The molecule has 2 nitrogen and oxygen atoms in total. The summed E-state index contributed by atoms with van der Waals surface area (Å²) < 4.78 is 1.19. The number of nitrogens with zero attached hydrogens (tertiary/aromatic N) is 1. The molecule has 0 saturated heterocycles. The Morgan fingerprint density at radius 3 is 2.53 bits per heavy atom. The Morgan fingerprint density at radius 2 is 1.93 bits per heavy atom. The minimum atomic E-state index is -0.278. The van der Waals surface area contributed by atoms with E-state index in [0.29, 0.717) is 0 Å². The molecule has 0 aromatic heterocycles. The van der Waals surface area contributed by atoms with Crippen LogP contribution in [0.25, 0.3) is 0 Å². The zero-order valence-corrected chi connectivity index (χ0v) is 10.5. The summed E-state index contributed by atoms with van der Waals surface area (Å²) in [4.78, 5) is 14.6. The molecule has 1 aliphatic rings. The van der Waals surface area contributed by atoms with E-state index >= 15 is 0 Å². The van der Waals surface area contributed by atoms with Crippen LogP contribution in [0.1, 0.15) is 31.2 Å². The molecular formula is C12H12INO. The molecule has 2 rings (SSSR count). The van der Waals surface area contributed by atoms with E-state index in [9.17, 15) is 4.79 Å². The number of hydrogen-bond donors (Lipinski definition) is 0. The van der Waals surface area contributed by atoms with E-state index in [4.69, 9.17) is 0 Å². The fourth-order valence-electron chi connectivity index (χ4n) is 2.33. The van der Waals surface area contributed by atoms with Crippen LogP contribution in [0.15, 0.2) is 29.3 Å². The number of isocyanates is 1. The molecule has 0 unspecified atom stereocenters. The molecule has 0 amide bonds. The topological polar surface area (TPSA) is 29.4 Å². The third kappa shape index (κ3) is 1.99. The maximum Gasteiger partial charge on any atom is 0.235 e. The fraction of sp³-hybridized carbons (Fsp3) is 0.417. The van der Waals surface area contributed by atoms with Gasteiger partial charge in [0.25, 0.3) is 0 Å². The molecule has 3 heteroatoms. The highest BCUT2D eigenvalue weighted by atomic mass is 127. The molecule has 0 spiro atoms. The first-order valence-corrected chi connectivity index (χ1v) is 6.20. The van der Waals surface area contributed by atoms with Gasteiger partial charge in [-0.15, -0.1) is 0 Å². The van der Waals surface area contributed by atoms with Gasteiger partial charge in [-0.1, -0.05) is 31.0 Å². The van der Waals surface area contributed by atoms with Gasteiger partial charge in [0.05, 0.1) is 5.54 Å². The molecular weight excluding hydrogens is 301 g/mol. The summed E-state index contributed by atoms with van der Waals surface area (Å²) in [6.07, 6.45) is 5.99. The molecule has 0 atom stereocenters. The van der Waals surface area contributed by atoms with E-state index in [1.807, 2.05) is 12.1 Å². The van der Waals surface area contributed by atoms with E-state index in [-0.39, 0.29) is 5.54 Å². The number of hydrogen-bond acceptors (Lipinski definition) is 2. The first kappa shape index (κ1) is 10.8. The molecule has 0 radical (unpaired) electrons. The second kappa shape index (κ2) is 4.45. The normalized spacial score (nSPS) is 18.5. The first-order valence-electron chi connectivity index (χ1n) is 5.12. The standard InChI is InChI=1S/C12H12INO/c13-11-6-2-1-5-10(11)12(14-9-15)7-3-4-8-12/h1-2,5-6H,3-4,7-8H2. The lowest BCUT2D eigenvalue weighted by Crippen LogP contribution is -2.20. The number of carbonyl (C=O) groups excluding carboxylic acids is 1. The van der Waals surface area contributed by atoms with Crippen molar-refractivity contribution in [3.8, 4) is 0 Å². The van der Waals surface area contributed by atoms with Crippen molar-refractivity contribution in [1.82, 2.24) is 0 Å². The zero-order chi connectivity index (χ0) is 10.7. The van der Waals surface area contributed by atoms with Crippen molar-refractivity contribution >= 4 is 28.7 Å². The Balaban J connectivity index is 2.50. The van der Waals surface area contributed by atoms with Gasteiger partial charge in [-0.3, -0.25) is 0 Å².